The smallest absolute Gasteiger partial charge is 0.211 e. The summed E-state index contributed by atoms with van der Waals surface area (Å²) >= 11 is 0. The van der Waals surface area contributed by atoms with E-state index in [4.69, 9.17) is 0 Å². The standard InChI is InChI=1S/C13H26N4O2S/c1-5-8-20(18,19)16-9-11(2)14-6-7-17-10-15-12(3)13(17)4/h10-11,14,16H,5-9H2,1-4H3/t11-/m1/s1. The third-order valence-corrected chi connectivity index (χ3v) is 4.83. The average Bonchev–Trinajstić information content (AvgIpc) is 2.68. The first-order valence-electron chi connectivity index (χ1n) is 7.04. The molecule has 0 aliphatic carbocycles. The molecule has 0 amide bonds. The molecule has 1 aromatic rings. The van der Waals surface area contributed by atoms with Gasteiger partial charge in [0.2, 0.25) is 10.0 Å². The zero-order valence-corrected chi connectivity index (χ0v) is 13.6. The van der Waals surface area contributed by atoms with E-state index in [0.717, 1.165) is 18.8 Å². The molecule has 0 spiro atoms. The van der Waals surface area contributed by atoms with Gasteiger partial charge in [0.25, 0.3) is 0 Å². The predicted octanol–water partition coefficient (Wildman–Crippen LogP) is 0.807. The summed E-state index contributed by atoms with van der Waals surface area (Å²) in [6, 6.07) is 0.103. The summed E-state index contributed by atoms with van der Waals surface area (Å²) in [6.45, 7) is 9.90. The largest absolute Gasteiger partial charge is 0.333 e. The number of aromatic nitrogens is 2. The molecule has 116 valence electrons. The SMILES string of the molecule is CCCS(=O)(=O)NC[C@@H](C)NCCn1cnc(C)c1C. The zero-order chi connectivity index (χ0) is 15.2. The molecule has 0 aromatic carbocycles. The molecule has 6 nitrogen and oxygen atoms in total. The fourth-order valence-corrected chi connectivity index (χ4v) is 3.05. The van der Waals surface area contributed by atoms with Crippen molar-refractivity contribution in [3.63, 3.8) is 0 Å². The molecule has 0 bridgehead atoms. The third-order valence-electron chi connectivity index (χ3n) is 3.27. The third kappa shape index (κ3) is 5.60. The van der Waals surface area contributed by atoms with Crippen LogP contribution in [-0.4, -0.2) is 42.9 Å². The van der Waals surface area contributed by atoms with E-state index in [1.807, 2.05) is 34.0 Å². The highest BCUT2D eigenvalue weighted by Crippen LogP contribution is 2.03. The van der Waals surface area contributed by atoms with E-state index in [1.165, 1.54) is 5.69 Å². The van der Waals surface area contributed by atoms with Crippen LogP contribution in [0.2, 0.25) is 0 Å². The predicted molar refractivity (Wildman–Crippen MR) is 81.2 cm³/mol. The summed E-state index contributed by atoms with van der Waals surface area (Å²) < 4.78 is 27.8. The summed E-state index contributed by atoms with van der Waals surface area (Å²) in [5, 5.41) is 3.31. The number of hydrogen-bond acceptors (Lipinski definition) is 4. The van der Waals surface area contributed by atoms with Gasteiger partial charge in [0.1, 0.15) is 0 Å². The van der Waals surface area contributed by atoms with Gasteiger partial charge in [-0.1, -0.05) is 6.92 Å². The molecule has 20 heavy (non-hydrogen) atoms. The minimum atomic E-state index is -3.11. The molecule has 0 fully saturated rings. The maximum atomic E-state index is 11.5. The maximum Gasteiger partial charge on any atom is 0.211 e. The Balaban J connectivity index is 2.27. The summed E-state index contributed by atoms with van der Waals surface area (Å²) in [5.74, 6) is 0.188. The van der Waals surface area contributed by atoms with Crippen molar-refractivity contribution in [1.29, 1.82) is 0 Å². The lowest BCUT2D eigenvalue weighted by molar-refractivity contribution is 0.499. The van der Waals surface area contributed by atoms with Crippen molar-refractivity contribution < 1.29 is 8.42 Å². The fraction of sp³-hybridized carbons (Fsp3) is 0.769. The van der Waals surface area contributed by atoms with Crippen LogP contribution in [0.25, 0.3) is 0 Å². The van der Waals surface area contributed by atoms with E-state index < -0.39 is 10.0 Å². The molecule has 1 aromatic heterocycles. The monoisotopic (exact) mass is 302 g/mol. The Morgan fingerprint density at radius 1 is 1.40 bits per heavy atom. The molecule has 2 N–H and O–H groups in total. The van der Waals surface area contributed by atoms with E-state index in [2.05, 4.69) is 19.6 Å². The first-order valence-corrected chi connectivity index (χ1v) is 8.70. The van der Waals surface area contributed by atoms with Crippen LogP contribution in [0.5, 0.6) is 0 Å². The van der Waals surface area contributed by atoms with Crippen molar-refractivity contribution in [1.82, 2.24) is 19.6 Å². The van der Waals surface area contributed by atoms with Gasteiger partial charge in [-0.05, 0) is 27.2 Å². The Labute approximate surface area is 122 Å². The van der Waals surface area contributed by atoms with Gasteiger partial charge in [-0.25, -0.2) is 18.1 Å². The van der Waals surface area contributed by atoms with Crippen molar-refractivity contribution in [2.45, 2.75) is 46.7 Å². The average molecular weight is 302 g/mol. The first-order chi connectivity index (χ1) is 9.35. The van der Waals surface area contributed by atoms with Crippen molar-refractivity contribution in [2.24, 2.45) is 0 Å². The van der Waals surface area contributed by atoms with Crippen LogP contribution in [-0.2, 0) is 16.6 Å². The summed E-state index contributed by atoms with van der Waals surface area (Å²) in [6.07, 6.45) is 2.47. The minimum Gasteiger partial charge on any atom is -0.333 e. The fourth-order valence-electron chi connectivity index (χ4n) is 1.87. The molecular weight excluding hydrogens is 276 g/mol. The van der Waals surface area contributed by atoms with Gasteiger partial charge in [-0.2, -0.15) is 0 Å². The highest BCUT2D eigenvalue weighted by molar-refractivity contribution is 7.89. The molecule has 0 saturated carbocycles. The number of hydrogen-bond donors (Lipinski definition) is 2. The number of rotatable bonds is 9. The van der Waals surface area contributed by atoms with Crippen molar-refractivity contribution in [2.75, 3.05) is 18.8 Å². The molecule has 1 heterocycles. The molecule has 0 aliphatic heterocycles. The molecule has 0 unspecified atom stereocenters. The second-order valence-corrected chi connectivity index (χ2v) is 7.06. The second kappa shape index (κ2) is 7.75. The minimum absolute atomic E-state index is 0.103. The molecule has 0 aliphatic rings. The van der Waals surface area contributed by atoms with E-state index >= 15 is 0 Å². The Morgan fingerprint density at radius 2 is 2.10 bits per heavy atom. The highest BCUT2D eigenvalue weighted by atomic mass is 32.2. The highest BCUT2D eigenvalue weighted by Gasteiger charge is 2.10. The molecule has 7 heteroatoms. The van der Waals surface area contributed by atoms with Crippen molar-refractivity contribution in [3.8, 4) is 0 Å². The zero-order valence-electron chi connectivity index (χ0n) is 12.8. The quantitative estimate of drug-likeness (QED) is 0.708. The molecule has 1 atom stereocenters. The molecular formula is C13H26N4O2S. The lowest BCUT2D eigenvalue weighted by Gasteiger charge is -2.15. The van der Waals surface area contributed by atoms with Gasteiger partial charge >= 0.3 is 0 Å². The van der Waals surface area contributed by atoms with Crippen LogP contribution in [0.15, 0.2) is 6.33 Å². The van der Waals surface area contributed by atoms with Gasteiger partial charge in [-0.3, -0.25) is 0 Å². The molecule has 1 rings (SSSR count). The van der Waals surface area contributed by atoms with Crippen LogP contribution in [0.3, 0.4) is 0 Å². The summed E-state index contributed by atoms with van der Waals surface area (Å²) in [4.78, 5) is 4.25. The summed E-state index contributed by atoms with van der Waals surface area (Å²) in [5.41, 5.74) is 2.22. The number of imidazole rings is 1. The lowest BCUT2D eigenvalue weighted by Crippen LogP contribution is -2.40. The van der Waals surface area contributed by atoms with Crippen molar-refractivity contribution >= 4 is 10.0 Å². The molecule has 0 radical (unpaired) electrons. The van der Waals surface area contributed by atoms with E-state index in [9.17, 15) is 8.42 Å². The van der Waals surface area contributed by atoms with Gasteiger partial charge < -0.3 is 9.88 Å². The summed E-state index contributed by atoms with van der Waals surface area (Å²) in [7, 11) is -3.11. The Hall–Kier alpha value is -0.920. The molecule has 0 saturated heterocycles. The van der Waals surface area contributed by atoms with E-state index in [-0.39, 0.29) is 11.8 Å². The number of sulfonamides is 1. The van der Waals surface area contributed by atoms with Crippen molar-refractivity contribution in [3.05, 3.63) is 17.7 Å². The Morgan fingerprint density at radius 3 is 2.65 bits per heavy atom. The van der Waals surface area contributed by atoms with E-state index in [1.54, 1.807) is 0 Å². The van der Waals surface area contributed by atoms with Gasteiger partial charge in [0, 0.05) is 31.4 Å². The second-order valence-electron chi connectivity index (χ2n) is 5.13. The Bertz CT molecular complexity index is 510. The van der Waals surface area contributed by atoms with Crippen LogP contribution >= 0.6 is 0 Å². The van der Waals surface area contributed by atoms with Crippen LogP contribution in [0, 0.1) is 13.8 Å². The van der Waals surface area contributed by atoms with Crippen LogP contribution in [0.1, 0.15) is 31.7 Å². The van der Waals surface area contributed by atoms with Crippen LogP contribution in [0.4, 0.5) is 0 Å². The number of aryl methyl sites for hydroxylation is 1. The topological polar surface area (TPSA) is 76.0 Å². The van der Waals surface area contributed by atoms with Gasteiger partial charge in [-0.15, -0.1) is 0 Å². The number of nitrogens with zero attached hydrogens (tertiary/aromatic N) is 2. The van der Waals surface area contributed by atoms with Gasteiger partial charge in [0.05, 0.1) is 17.8 Å². The lowest BCUT2D eigenvalue weighted by atomic mass is 10.3. The maximum absolute atomic E-state index is 11.5. The number of nitrogens with one attached hydrogen (secondary N) is 2. The van der Waals surface area contributed by atoms with Gasteiger partial charge in [0.15, 0.2) is 0 Å². The first kappa shape index (κ1) is 17.1. The normalized spacial score (nSPS) is 13.6. The van der Waals surface area contributed by atoms with E-state index in [0.29, 0.717) is 13.0 Å². The Kier molecular flexibility index (Phi) is 6.64. The van der Waals surface area contributed by atoms with Crippen LogP contribution < -0.4 is 10.0 Å².